The van der Waals surface area contributed by atoms with E-state index in [0.717, 1.165) is 38.5 Å². The number of aliphatic carboxylic acids is 1. The summed E-state index contributed by atoms with van der Waals surface area (Å²) >= 11 is 0. The molecule has 8 heteroatoms. The summed E-state index contributed by atoms with van der Waals surface area (Å²) in [6.45, 7) is 6.21. The van der Waals surface area contributed by atoms with Crippen LogP contribution in [0, 0.1) is 46.3 Å². The summed E-state index contributed by atoms with van der Waals surface area (Å²) in [5, 5.41) is 46.1. The molecule has 0 aliphatic heterocycles. The zero-order valence-corrected chi connectivity index (χ0v) is 23.3. The van der Waals surface area contributed by atoms with Gasteiger partial charge in [0, 0.05) is 6.42 Å². The van der Waals surface area contributed by atoms with E-state index in [0.29, 0.717) is 18.8 Å². The SMILES string of the molecule is C[C@H](CCC(=O)NCC(=O)[O-])[C@H]1CCC2C3C(O)CC4C[C@H](O)CC[C@]4(C)C3C[C@H](O)[C@@]21C.[Na+]. The van der Waals surface area contributed by atoms with Crippen LogP contribution >= 0.6 is 0 Å². The number of amides is 1. The van der Waals surface area contributed by atoms with Gasteiger partial charge >= 0.3 is 29.6 Å². The molecule has 0 aromatic rings. The molecule has 0 saturated heterocycles. The van der Waals surface area contributed by atoms with Gasteiger partial charge in [-0.15, -0.1) is 0 Å². The van der Waals surface area contributed by atoms with Crippen molar-refractivity contribution < 1.29 is 59.6 Å². The van der Waals surface area contributed by atoms with E-state index in [2.05, 4.69) is 26.1 Å². The van der Waals surface area contributed by atoms with Crippen LogP contribution in [0.15, 0.2) is 0 Å². The Kier molecular flexibility index (Phi) is 8.91. The molecule has 0 bridgehead atoms. The summed E-state index contributed by atoms with van der Waals surface area (Å²) in [4.78, 5) is 22.6. The van der Waals surface area contributed by atoms with E-state index in [9.17, 15) is 30.0 Å². The molecule has 4 aliphatic carbocycles. The van der Waals surface area contributed by atoms with E-state index in [-0.39, 0.29) is 94.5 Å². The van der Waals surface area contributed by atoms with E-state index in [1.807, 2.05) is 0 Å². The minimum atomic E-state index is -1.29. The fourth-order valence-electron chi connectivity index (χ4n) is 8.95. The van der Waals surface area contributed by atoms with Crippen molar-refractivity contribution in [2.75, 3.05) is 6.54 Å². The maximum Gasteiger partial charge on any atom is 1.00 e. The van der Waals surface area contributed by atoms with Gasteiger partial charge < -0.3 is 30.5 Å². The molecule has 7 nitrogen and oxygen atoms in total. The molecular weight excluding hydrogens is 445 g/mol. The van der Waals surface area contributed by atoms with Gasteiger partial charge in [-0.2, -0.15) is 0 Å². The number of carbonyl (C=O) groups is 2. The number of aliphatic hydroxyl groups excluding tert-OH is 3. The number of carboxylic acid groups (broad SMARTS) is 1. The Balaban J connectivity index is 0.00000324. The second-order valence-electron chi connectivity index (χ2n) is 12.2. The molecule has 0 spiro atoms. The normalized spacial score (nSPS) is 46.3. The van der Waals surface area contributed by atoms with Crippen LogP contribution in [0.2, 0.25) is 0 Å². The van der Waals surface area contributed by atoms with Crippen LogP contribution in [0.5, 0.6) is 0 Å². The summed E-state index contributed by atoms with van der Waals surface area (Å²) in [6.07, 6.45) is 5.75. The Morgan fingerprint density at radius 2 is 1.76 bits per heavy atom. The number of hydrogen-bond acceptors (Lipinski definition) is 6. The second kappa shape index (κ2) is 10.7. The number of nitrogens with one attached hydrogen (secondary N) is 1. The van der Waals surface area contributed by atoms with Crippen LogP contribution in [0.4, 0.5) is 0 Å². The summed E-state index contributed by atoms with van der Waals surface area (Å²) in [7, 11) is 0. The Morgan fingerprint density at radius 1 is 1.06 bits per heavy atom. The smallest absolute Gasteiger partial charge is 0.548 e. The Hall–Kier alpha value is -0.180. The molecule has 4 saturated carbocycles. The molecule has 5 unspecified atom stereocenters. The van der Waals surface area contributed by atoms with Crippen LogP contribution in [0.1, 0.15) is 78.6 Å². The Labute approximate surface area is 225 Å². The number of hydrogen-bond donors (Lipinski definition) is 4. The molecule has 4 fully saturated rings. The standard InChI is InChI=1S/C26H43NO6.Na/c1-14(4-7-22(31)27-13-23(32)33)17-5-6-18-24-19(12-21(30)26(17,18)3)25(2)9-8-16(28)10-15(25)11-20(24)29;/h14-21,24,28-30H,4-13H2,1-3H3,(H,27,31)(H,32,33);/q;+1/p-1/t14-,15?,16-,17-,18?,19?,20?,21+,24?,25+,26-;/m1./s1. The first-order chi connectivity index (χ1) is 15.5. The third-order valence-electron chi connectivity index (χ3n) is 10.8. The van der Waals surface area contributed by atoms with Crippen LogP contribution < -0.4 is 40.0 Å². The topological polar surface area (TPSA) is 130 Å². The summed E-state index contributed by atoms with van der Waals surface area (Å²) in [5.41, 5.74) is -0.230. The monoisotopic (exact) mass is 487 g/mol. The van der Waals surface area contributed by atoms with Gasteiger partial charge in [0.2, 0.25) is 5.91 Å². The maximum atomic E-state index is 12.0. The second-order valence-corrected chi connectivity index (χ2v) is 12.2. The molecule has 11 atom stereocenters. The maximum absolute atomic E-state index is 12.0. The average Bonchev–Trinajstić information content (AvgIpc) is 3.11. The van der Waals surface area contributed by atoms with Crippen molar-refractivity contribution in [3.8, 4) is 0 Å². The molecule has 188 valence electrons. The van der Waals surface area contributed by atoms with E-state index in [4.69, 9.17) is 0 Å². The predicted octanol–water partition coefficient (Wildman–Crippen LogP) is -1.77. The summed E-state index contributed by atoms with van der Waals surface area (Å²) in [6, 6.07) is 0. The van der Waals surface area contributed by atoms with Gasteiger partial charge in [-0.3, -0.25) is 4.79 Å². The number of carbonyl (C=O) groups excluding carboxylic acids is 2. The molecule has 0 heterocycles. The third-order valence-corrected chi connectivity index (χ3v) is 10.8. The van der Waals surface area contributed by atoms with Gasteiger partial charge in [0.05, 0.1) is 30.8 Å². The fourth-order valence-corrected chi connectivity index (χ4v) is 8.95. The average molecular weight is 488 g/mol. The van der Waals surface area contributed by atoms with Crippen molar-refractivity contribution in [3.63, 3.8) is 0 Å². The Bertz CT molecular complexity index is 766. The molecule has 4 aliphatic rings. The van der Waals surface area contributed by atoms with Gasteiger partial charge in [0.25, 0.3) is 0 Å². The summed E-state index contributed by atoms with van der Waals surface area (Å²) in [5.74, 6) is -0.0789. The first-order valence-electron chi connectivity index (χ1n) is 13.0. The van der Waals surface area contributed by atoms with Crippen molar-refractivity contribution in [3.05, 3.63) is 0 Å². The zero-order chi connectivity index (χ0) is 24.1. The molecular formula is C26H42NNaO6. The van der Waals surface area contributed by atoms with Crippen LogP contribution in [-0.2, 0) is 9.59 Å². The first kappa shape index (κ1) is 28.4. The Morgan fingerprint density at radius 3 is 2.44 bits per heavy atom. The summed E-state index contributed by atoms with van der Waals surface area (Å²) < 4.78 is 0. The van der Waals surface area contributed by atoms with Crippen molar-refractivity contribution in [1.29, 1.82) is 0 Å². The molecule has 4 rings (SSSR count). The largest absolute Gasteiger partial charge is 1.00 e. The fraction of sp³-hybridized carbons (Fsp3) is 0.923. The van der Waals surface area contributed by atoms with Crippen LogP contribution in [0.3, 0.4) is 0 Å². The molecule has 0 aromatic heterocycles. The van der Waals surface area contributed by atoms with Gasteiger partial charge in [0.15, 0.2) is 0 Å². The van der Waals surface area contributed by atoms with Crippen LogP contribution in [-0.4, -0.2) is 52.1 Å². The van der Waals surface area contributed by atoms with Gasteiger partial charge in [-0.1, -0.05) is 20.8 Å². The third kappa shape index (κ3) is 4.87. The minimum absolute atomic E-state index is 0. The van der Waals surface area contributed by atoms with Crippen molar-refractivity contribution in [2.24, 2.45) is 46.3 Å². The molecule has 34 heavy (non-hydrogen) atoms. The number of carboxylic acids is 1. The van der Waals surface area contributed by atoms with Crippen molar-refractivity contribution >= 4 is 11.9 Å². The van der Waals surface area contributed by atoms with Crippen molar-refractivity contribution in [1.82, 2.24) is 5.32 Å². The van der Waals surface area contributed by atoms with E-state index in [1.165, 1.54) is 0 Å². The predicted molar refractivity (Wildman–Crippen MR) is 120 cm³/mol. The van der Waals surface area contributed by atoms with Gasteiger partial charge in [-0.05, 0) is 97.7 Å². The van der Waals surface area contributed by atoms with Gasteiger partial charge in [-0.25, -0.2) is 0 Å². The molecule has 4 N–H and O–H groups in total. The quantitative estimate of drug-likeness (QED) is 0.328. The first-order valence-corrected chi connectivity index (χ1v) is 13.0. The van der Waals surface area contributed by atoms with E-state index < -0.39 is 18.6 Å². The zero-order valence-electron chi connectivity index (χ0n) is 21.3. The minimum Gasteiger partial charge on any atom is -0.548 e. The van der Waals surface area contributed by atoms with E-state index in [1.54, 1.807) is 0 Å². The number of aliphatic hydroxyl groups is 3. The molecule has 0 aromatic carbocycles. The number of fused-ring (bicyclic) bond motifs is 5. The molecule has 0 radical (unpaired) electrons. The van der Waals surface area contributed by atoms with E-state index >= 15 is 0 Å². The van der Waals surface area contributed by atoms with Crippen LogP contribution in [0.25, 0.3) is 0 Å². The van der Waals surface area contributed by atoms with Gasteiger partial charge in [0.1, 0.15) is 0 Å². The number of rotatable bonds is 6. The van der Waals surface area contributed by atoms with Crippen molar-refractivity contribution in [2.45, 2.75) is 96.9 Å². The molecule has 1 amide bonds.